The Morgan fingerprint density at radius 2 is 1.89 bits per heavy atom. The van der Waals surface area contributed by atoms with Crippen molar-refractivity contribution in [1.29, 1.82) is 0 Å². The summed E-state index contributed by atoms with van der Waals surface area (Å²) in [5.74, 6) is -0.670. The molecule has 3 aromatic rings. The van der Waals surface area contributed by atoms with Crippen molar-refractivity contribution in [2.24, 2.45) is 0 Å². The number of carbonyl (C=O) groups excluding carboxylic acids is 1. The molecule has 0 aliphatic rings. The van der Waals surface area contributed by atoms with Crippen LogP contribution in [0.25, 0.3) is 11.0 Å². The van der Waals surface area contributed by atoms with Crippen LogP contribution in [0.5, 0.6) is 0 Å². The first-order valence-electron chi connectivity index (χ1n) is 7.85. The van der Waals surface area contributed by atoms with E-state index < -0.39 is 21.4 Å². The molecular formula is C19H15BrO6S. The summed E-state index contributed by atoms with van der Waals surface area (Å²) in [6.07, 6.45) is 1.07. The molecule has 0 saturated carbocycles. The van der Waals surface area contributed by atoms with Crippen molar-refractivity contribution in [3.8, 4) is 0 Å². The lowest BCUT2D eigenvalue weighted by atomic mass is 10.1. The largest absolute Gasteiger partial charge is 0.457 e. The average molecular weight is 451 g/mol. The Bertz CT molecular complexity index is 1210. The molecule has 140 valence electrons. The second-order valence-corrected chi connectivity index (χ2v) is 8.99. The van der Waals surface area contributed by atoms with Gasteiger partial charge in [0.2, 0.25) is 0 Å². The van der Waals surface area contributed by atoms with Crippen molar-refractivity contribution in [2.75, 3.05) is 6.26 Å². The summed E-state index contributed by atoms with van der Waals surface area (Å²) in [5, 5.41) is 0.646. The van der Waals surface area contributed by atoms with Crippen LogP contribution in [0.15, 0.2) is 61.0 Å². The Hall–Kier alpha value is -2.45. The van der Waals surface area contributed by atoms with E-state index in [9.17, 15) is 18.0 Å². The van der Waals surface area contributed by atoms with Gasteiger partial charge in [-0.3, -0.25) is 0 Å². The number of halogens is 1. The molecule has 0 spiro atoms. The van der Waals surface area contributed by atoms with Crippen LogP contribution in [0.4, 0.5) is 0 Å². The summed E-state index contributed by atoms with van der Waals surface area (Å²) < 4.78 is 34.7. The number of fused-ring (bicyclic) bond motifs is 1. The molecule has 0 amide bonds. The van der Waals surface area contributed by atoms with Crippen LogP contribution in [0.2, 0.25) is 0 Å². The van der Waals surface area contributed by atoms with E-state index in [1.807, 2.05) is 0 Å². The third kappa shape index (κ3) is 4.28. The molecule has 0 radical (unpaired) electrons. The maximum Gasteiger partial charge on any atom is 0.338 e. The summed E-state index contributed by atoms with van der Waals surface area (Å²) in [6, 6.07) is 10.7. The Morgan fingerprint density at radius 1 is 1.15 bits per heavy atom. The van der Waals surface area contributed by atoms with Crippen molar-refractivity contribution in [1.82, 2.24) is 0 Å². The highest BCUT2D eigenvalue weighted by Gasteiger charge is 2.16. The average Bonchev–Trinajstić information content (AvgIpc) is 2.58. The van der Waals surface area contributed by atoms with Gasteiger partial charge in [0.1, 0.15) is 12.2 Å². The van der Waals surface area contributed by atoms with Gasteiger partial charge in [0.25, 0.3) is 0 Å². The fraction of sp³-hybridized carbons (Fsp3) is 0.158. The Labute approximate surface area is 163 Å². The molecule has 2 aromatic carbocycles. The monoisotopic (exact) mass is 450 g/mol. The highest BCUT2D eigenvalue weighted by molar-refractivity contribution is 9.10. The molecule has 8 heteroatoms. The molecule has 0 aliphatic carbocycles. The lowest BCUT2D eigenvalue weighted by molar-refractivity contribution is 0.0472. The highest BCUT2D eigenvalue weighted by Crippen LogP contribution is 2.23. The van der Waals surface area contributed by atoms with E-state index >= 15 is 0 Å². The van der Waals surface area contributed by atoms with Crippen LogP contribution >= 0.6 is 15.9 Å². The fourth-order valence-corrected chi connectivity index (χ4v) is 3.58. The normalized spacial score (nSPS) is 11.5. The first-order valence-corrected chi connectivity index (χ1v) is 10.5. The number of hydrogen-bond acceptors (Lipinski definition) is 6. The number of esters is 1. The highest BCUT2D eigenvalue weighted by atomic mass is 79.9. The maximum absolute atomic E-state index is 12.5. The van der Waals surface area contributed by atoms with Gasteiger partial charge in [-0.25, -0.2) is 18.0 Å². The number of sulfone groups is 1. The molecule has 0 N–H and O–H groups in total. The molecule has 0 bridgehead atoms. The van der Waals surface area contributed by atoms with Gasteiger partial charge in [0.05, 0.1) is 10.5 Å². The number of carbonyl (C=O) groups is 1. The van der Waals surface area contributed by atoms with E-state index in [2.05, 4.69) is 15.9 Å². The van der Waals surface area contributed by atoms with E-state index in [4.69, 9.17) is 9.15 Å². The zero-order valence-electron chi connectivity index (χ0n) is 14.5. The summed E-state index contributed by atoms with van der Waals surface area (Å²) in [4.78, 5) is 24.3. The molecule has 0 aliphatic heterocycles. The summed E-state index contributed by atoms with van der Waals surface area (Å²) in [7, 11) is -3.45. The molecule has 0 saturated heterocycles. The van der Waals surface area contributed by atoms with Gasteiger partial charge in [-0.1, -0.05) is 22.0 Å². The molecule has 6 nitrogen and oxygen atoms in total. The molecule has 0 fully saturated rings. The number of aryl methyl sites for hydroxylation is 1. The first kappa shape index (κ1) is 19.3. The van der Waals surface area contributed by atoms with Gasteiger partial charge in [-0.05, 0) is 42.8 Å². The van der Waals surface area contributed by atoms with Gasteiger partial charge < -0.3 is 9.15 Å². The zero-order valence-corrected chi connectivity index (χ0v) is 16.9. The smallest absolute Gasteiger partial charge is 0.338 e. The molecular weight excluding hydrogens is 436 g/mol. The quantitative estimate of drug-likeness (QED) is 0.445. The van der Waals surface area contributed by atoms with Crippen LogP contribution in [-0.2, 0) is 21.2 Å². The molecule has 27 heavy (non-hydrogen) atoms. The Balaban J connectivity index is 1.91. The number of ether oxygens (including phenoxy) is 1. The van der Waals surface area contributed by atoms with Gasteiger partial charge in [0, 0.05) is 27.7 Å². The zero-order chi connectivity index (χ0) is 19.8. The van der Waals surface area contributed by atoms with Crippen LogP contribution < -0.4 is 5.63 Å². The van der Waals surface area contributed by atoms with E-state index in [0.29, 0.717) is 22.1 Å². The molecule has 1 aromatic heterocycles. The lowest BCUT2D eigenvalue weighted by Gasteiger charge is -2.10. The minimum absolute atomic E-state index is 0.0377. The topological polar surface area (TPSA) is 90.6 Å². The van der Waals surface area contributed by atoms with E-state index in [0.717, 1.165) is 10.7 Å². The number of hydrogen-bond donors (Lipinski definition) is 0. The summed E-state index contributed by atoms with van der Waals surface area (Å²) in [5.41, 5.74) is 1.07. The second kappa shape index (κ2) is 7.28. The van der Waals surface area contributed by atoms with Crippen LogP contribution in [0, 0.1) is 6.92 Å². The predicted octanol–water partition coefficient (Wildman–Crippen LogP) is 3.62. The minimum atomic E-state index is -3.45. The third-order valence-electron chi connectivity index (χ3n) is 4.01. The van der Waals surface area contributed by atoms with Gasteiger partial charge in [-0.2, -0.15) is 0 Å². The van der Waals surface area contributed by atoms with Gasteiger partial charge >= 0.3 is 11.6 Å². The minimum Gasteiger partial charge on any atom is -0.457 e. The van der Waals surface area contributed by atoms with Crippen molar-refractivity contribution in [3.05, 3.63) is 74.0 Å². The van der Waals surface area contributed by atoms with Crippen LogP contribution in [0.1, 0.15) is 21.5 Å². The predicted molar refractivity (Wildman–Crippen MR) is 104 cm³/mol. The first-order chi connectivity index (χ1) is 12.6. The molecule has 0 unspecified atom stereocenters. The van der Waals surface area contributed by atoms with Crippen molar-refractivity contribution in [3.63, 3.8) is 0 Å². The van der Waals surface area contributed by atoms with Crippen LogP contribution in [0.3, 0.4) is 0 Å². The van der Waals surface area contributed by atoms with Gasteiger partial charge in [0.15, 0.2) is 9.84 Å². The van der Waals surface area contributed by atoms with E-state index in [-0.39, 0.29) is 17.1 Å². The maximum atomic E-state index is 12.5. The molecule has 1 heterocycles. The summed E-state index contributed by atoms with van der Waals surface area (Å²) in [6.45, 7) is 1.54. The SMILES string of the molecule is Cc1ccc(S(C)(=O)=O)cc1C(=O)OCc1cc(=O)oc2cc(Br)ccc12. The van der Waals surface area contributed by atoms with E-state index in [1.165, 1.54) is 18.2 Å². The van der Waals surface area contributed by atoms with Crippen LogP contribution in [-0.4, -0.2) is 20.6 Å². The standard InChI is InChI=1S/C19H15BrO6S/c1-11-3-5-14(27(2,23)24)9-16(11)19(22)25-10-12-7-18(21)26-17-8-13(20)4-6-15(12)17/h3-9H,10H2,1-2H3. The van der Waals surface area contributed by atoms with E-state index in [1.54, 1.807) is 31.2 Å². The number of benzene rings is 2. The second-order valence-electron chi connectivity index (χ2n) is 6.06. The number of rotatable bonds is 4. The van der Waals surface area contributed by atoms with Crippen molar-refractivity contribution < 1.29 is 22.4 Å². The summed E-state index contributed by atoms with van der Waals surface area (Å²) >= 11 is 3.31. The fourth-order valence-electron chi connectivity index (χ4n) is 2.60. The Morgan fingerprint density at radius 3 is 2.59 bits per heavy atom. The Kier molecular flexibility index (Phi) is 5.21. The van der Waals surface area contributed by atoms with Gasteiger partial charge in [-0.15, -0.1) is 0 Å². The molecule has 0 atom stereocenters. The van der Waals surface area contributed by atoms with Crippen molar-refractivity contribution >= 4 is 42.7 Å². The lowest BCUT2D eigenvalue weighted by Crippen LogP contribution is -2.10. The molecule has 3 rings (SSSR count). The van der Waals surface area contributed by atoms with Crippen molar-refractivity contribution in [2.45, 2.75) is 18.4 Å². The third-order valence-corrected chi connectivity index (χ3v) is 5.61.